The minimum atomic E-state index is -0.476. The van der Waals surface area contributed by atoms with Gasteiger partial charge < -0.3 is 24.1 Å². The topological polar surface area (TPSA) is 124 Å². The highest BCUT2D eigenvalue weighted by Gasteiger charge is 2.20. The van der Waals surface area contributed by atoms with Crippen molar-refractivity contribution in [2.75, 3.05) is 43.1 Å². The summed E-state index contributed by atoms with van der Waals surface area (Å²) in [5.74, 6) is -0.234. The Hall–Kier alpha value is -4.44. The molecule has 0 atom stereocenters. The summed E-state index contributed by atoms with van der Waals surface area (Å²) in [6, 6.07) is 13.2. The van der Waals surface area contributed by atoms with Gasteiger partial charge >= 0.3 is 5.97 Å². The number of ether oxygens (including phenoxy) is 2. The minimum Gasteiger partial charge on any atom is -0.462 e. The minimum absolute atomic E-state index is 0.0558. The lowest BCUT2D eigenvalue weighted by atomic mass is 10.1. The molecular weight excluding hydrogens is 478 g/mol. The van der Waals surface area contributed by atoms with Crippen molar-refractivity contribution < 1.29 is 28.4 Å². The molecule has 1 aromatic heterocycles. The first-order chi connectivity index (χ1) is 17.9. The molecule has 0 aliphatic carbocycles. The number of benzene rings is 2. The number of furan rings is 1. The van der Waals surface area contributed by atoms with Crippen LogP contribution in [-0.4, -0.2) is 49.7 Å². The third kappa shape index (κ3) is 6.22. The molecule has 2 aromatic carbocycles. The van der Waals surface area contributed by atoms with Crippen LogP contribution in [0.4, 0.5) is 17.1 Å². The number of nitrogens with one attached hydrogen (secondary N) is 1. The molecule has 10 nitrogen and oxygen atoms in total. The van der Waals surface area contributed by atoms with Gasteiger partial charge in [0.15, 0.2) is 0 Å². The average Bonchev–Trinajstić information content (AvgIpc) is 3.37. The van der Waals surface area contributed by atoms with Crippen molar-refractivity contribution in [2.45, 2.75) is 13.8 Å². The maximum Gasteiger partial charge on any atom is 0.338 e. The molecule has 192 valence electrons. The lowest BCUT2D eigenvalue weighted by Crippen LogP contribution is -2.36. The van der Waals surface area contributed by atoms with Crippen molar-refractivity contribution in [1.29, 1.82) is 0 Å². The third-order valence-electron chi connectivity index (χ3n) is 5.76. The zero-order chi connectivity index (χ0) is 26.4. The van der Waals surface area contributed by atoms with Crippen LogP contribution in [0.15, 0.2) is 59.0 Å². The lowest BCUT2D eigenvalue weighted by Gasteiger charge is -2.30. The van der Waals surface area contributed by atoms with Crippen molar-refractivity contribution in [3.63, 3.8) is 0 Å². The second-order valence-corrected chi connectivity index (χ2v) is 8.35. The van der Waals surface area contributed by atoms with Gasteiger partial charge in [-0.05, 0) is 61.9 Å². The average molecular weight is 506 g/mol. The van der Waals surface area contributed by atoms with Gasteiger partial charge in [-0.15, -0.1) is 0 Å². The summed E-state index contributed by atoms with van der Waals surface area (Å²) < 4.78 is 16.3. The Kier molecular flexibility index (Phi) is 7.99. The highest BCUT2D eigenvalue weighted by Crippen LogP contribution is 2.32. The Labute approximate surface area is 213 Å². The van der Waals surface area contributed by atoms with Crippen LogP contribution in [0.1, 0.15) is 28.6 Å². The second kappa shape index (κ2) is 11.5. The molecule has 37 heavy (non-hydrogen) atoms. The quantitative estimate of drug-likeness (QED) is 0.200. The standard InChI is InChI=1S/C27H27N3O7/c1-3-36-27(32)19-5-9-23(29-12-14-35-15-13-29)22(17-19)28-26(31)11-7-20-6-10-25(37-20)21-8-4-18(2)16-24(21)30(33)34/h4-11,16-17H,3,12-15H2,1-2H3,(H,28,31)/b11-7+. The van der Waals surface area contributed by atoms with Gasteiger partial charge in [-0.3, -0.25) is 14.9 Å². The van der Waals surface area contributed by atoms with Gasteiger partial charge in [0.05, 0.1) is 47.2 Å². The van der Waals surface area contributed by atoms with Crippen LogP contribution in [0.2, 0.25) is 0 Å². The van der Waals surface area contributed by atoms with E-state index in [0.29, 0.717) is 54.6 Å². The van der Waals surface area contributed by atoms with E-state index in [1.165, 1.54) is 18.2 Å². The normalized spacial score (nSPS) is 13.5. The number of rotatable bonds is 8. The monoisotopic (exact) mass is 505 g/mol. The number of nitrogens with zero attached hydrogens (tertiary/aromatic N) is 2. The maximum atomic E-state index is 12.8. The number of nitro groups is 1. The molecule has 1 aliphatic rings. The van der Waals surface area contributed by atoms with E-state index in [4.69, 9.17) is 13.9 Å². The lowest BCUT2D eigenvalue weighted by molar-refractivity contribution is -0.384. The number of esters is 1. The van der Waals surface area contributed by atoms with Crippen molar-refractivity contribution in [3.05, 3.63) is 81.6 Å². The van der Waals surface area contributed by atoms with Gasteiger partial charge in [-0.2, -0.15) is 0 Å². The number of anilines is 2. The van der Waals surface area contributed by atoms with Gasteiger partial charge in [-0.1, -0.05) is 6.07 Å². The second-order valence-electron chi connectivity index (χ2n) is 8.35. The fourth-order valence-electron chi connectivity index (χ4n) is 3.98. The van der Waals surface area contributed by atoms with Crippen LogP contribution in [0.3, 0.4) is 0 Å². The predicted octanol–water partition coefficient (Wildman–Crippen LogP) is 4.83. The zero-order valence-corrected chi connectivity index (χ0v) is 20.6. The summed E-state index contributed by atoms with van der Waals surface area (Å²) in [6.07, 6.45) is 2.77. The van der Waals surface area contributed by atoms with Gasteiger partial charge in [-0.25, -0.2) is 4.79 Å². The molecule has 0 radical (unpaired) electrons. The number of nitro benzene ring substituents is 1. The Balaban J connectivity index is 1.53. The van der Waals surface area contributed by atoms with E-state index in [2.05, 4.69) is 10.2 Å². The predicted molar refractivity (Wildman–Crippen MR) is 139 cm³/mol. The van der Waals surface area contributed by atoms with Gasteiger partial charge in [0.25, 0.3) is 5.69 Å². The maximum absolute atomic E-state index is 12.8. The van der Waals surface area contributed by atoms with Crippen molar-refractivity contribution in [2.24, 2.45) is 0 Å². The fraction of sp³-hybridized carbons (Fsp3) is 0.259. The summed E-state index contributed by atoms with van der Waals surface area (Å²) in [6.45, 7) is 6.17. The molecule has 4 rings (SSSR count). The highest BCUT2D eigenvalue weighted by molar-refractivity contribution is 6.05. The first-order valence-corrected chi connectivity index (χ1v) is 11.8. The molecule has 1 aliphatic heterocycles. The molecule has 0 bridgehead atoms. The number of amides is 1. The van der Waals surface area contributed by atoms with Crippen molar-refractivity contribution in [3.8, 4) is 11.3 Å². The summed E-state index contributed by atoms with van der Waals surface area (Å²) in [5, 5.41) is 14.3. The fourth-order valence-corrected chi connectivity index (χ4v) is 3.98. The Morgan fingerprint density at radius 2 is 1.92 bits per heavy atom. The largest absolute Gasteiger partial charge is 0.462 e. The van der Waals surface area contributed by atoms with Gasteiger partial charge in [0.1, 0.15) is 11.5 Å². The Bertz CT molecular complexity index is 1340. The number of hydrogen-bond donors (Lipinski definition) is 1. The summed E-state index contributed by atoms with van der Waals surface area (Å²) >= 11 is 0. The van der Waals surface area contributed by atoms with Crippen LogP contribution < -0.4 is 10.2 Å². The molecule has 0 saturated carbocycles. The molecule has 1 amide bonds. The first-order valence-electron chi connectivity index (χ1n) is 11.8. The van der Waals surface area contributed by atoms with E-state index in [-0.39, 0.29) is 12.3 Å². The molecular formula is C27H27N3O7. The van der Waals surface area contributed by atoms with Crippen LogP contribution in [0.5, 0.6) is 0 Å². The zero-order valence-electron chi connectivity index (χ0n) is 20.6. The van der Waals surface area contributed by atoms with E-state index in [9.17, 15) is 19.7 Å². The van der Waals surface area contributed by atoms with Crippen LogP contribution in [0, 0.1) is 17.0 Å². The number of carbonyl (C=O) groups is 2. The van der Waals surface area contributed by atoms with E-state index in [1.807, 2.05) is 0 Å². The number of morpholine rings is 1. The van der Waals surface area contributed by atoms with Crippen LogP contribution in [-0.2, 0) is 14.3 Å². The SMILES string of the molecule is CCOC(=O)c1ccc(N2CCOCC2)c(NC(=O)/C=C/c2ccc(-c3ccc(C)cc3[N+](=O)[O-])o2)c1. The summed E-state index contributed by atoms with van der Waals surface area (Å²) in [7, 11) is 0. The molecule has 0 spiro atoms. The van der Waals surface area contributed by atoms with Gasteiger partial charge in [0.2, 0.25) is 5.91 Å². The van der Waals surface area contributed by atoms with E-state index < -0.39 is 16.8 Å². The van der Waals surface area contributed by atoms with E-state index in [1.54, 1.807) is 56.3 Å². The number of carbonyl (C=O) groups excluding carboxylic acids is 2. The molecule has 1 fully saturated rings. The van der Waals surface area contributed by atoms with Crippen molar-refractivity contribution >= 4 is 35.0 Å². The molecule has 0 unspecified atom stereocenters. The van der Waals surface area contributed by atoms with E-state index >= 15 is 0 Å². The molecule has 10 heteroatoms. The third-order valence-corrected chi connectivity index (χ3v) is 5.76. The Morgan fingerprint density at radius 1 is 1.14 bits per heavy atom. The van der Waals surface area contributed by atoms with Crippen molar-refractivity contribution in [1.82, 2.24) is 0 Å². The molecule has 2 heterocycles. The molecule has 1 N–H and O–H groups in total. The molecule has 3 aromatic rings. The van der Waals surface area contributed by atoms with Crippen LogP contribution >= 0.6 is 0 Å². The highest BCUT2D eigenvalue weighted by atomic mass is 16.6. The molecule has 1 saturated heterocycles. The summed E-state index contributed by atoms with van der Waals surface area (Å²) in [4.78, 5) is 38.1. The summed E-state index contributed by atoms with van der Waals surface area (Å²) in [5.41, 5.74) is 2.63. The Morgan fingerprint density at radius 3 is 2.65 bits per heavy atom. The number of aryl methyl sites for hydroxylation is 1. The smallest absolute Gasteiger partial charge is 0.338 e. The van der Waals surface area contributed by atoms with E-state index in [0.717, 1.165) is 11.3 Å². The van der Waals surface area contributed by atoms with Crippen LogP contribution in [0.25, 0.3) is 17.4 Å². The first kappa shape index (κ1) is 25.6. The number of hydrogen-bond acceptors (Lipinski definition) is 8. The van der Waals surface area contributed by atoms with Gasteiger partial charge in [0, 0.05) is 25.2 Å².